The number of nitrogens with one attached hydrogen (secondary N) is 1. The van der Waals surface area contributed by atoms with Crippen LogP contribution < -0.4 is 5.32 Å². The third-order valence-electron chi connectivity index (χ3n) is 2.88. The highest BCUT2D eigenvalue weighted by Crippen LogP contribution is 2.23. The van der Waals surface area contributed by atoms with Crippen molar-refractivity contribution in [2.75, 3.05) is 18.9 Å². The molecular weight excluding hydrogens is 292 g/mol. The first-order chi connectivity index (χ1) is 9.60. The average Bonchev–Trinajstić information content (AvgIpc) is 2.84. The van der Waals surface area contributed by atoms with E-state index in [9.17, 15) is 4.79 Å². The molecule has 0 fully saturated rings. The number of carbonyl (C=O) groups is 1. The zero-order valence-corrected chi connectivity index (χ0v) is 13.1. The maximum atomic E-state index is 12.3. The summed E-state index contributed by atoms with van der Waals surface area (Å²) in [5, 5.41) is 3.21. The summed E-state index contributed by atoms with van der Waals surface area (Å²) in [4.78, 5) is 15.1. The van der Waals surface area contributed by atoms with E-state index in [0.29, 0.717) is 12.1 Å². The molecular formula is C15H17ClN2OS. The standard InChI is InChI=1S/C15H17ClN2OS/c1-3-17-12-6-4-11(5-7-12)15(19)18(2)10-13-8-9-14(16)20-13/h4-9,17H,3,10H2,1-2H3. The van der Waals surface area contributed by atoms with Gasteiger partial charge in [-0.3, -0.25) is 4.79 Å². The molecule has 20 heavy (non-hydrogen) atoms. The minimum absolute atomic E-state index is 0.0116. The third-order valence-corrected chi connectivity index (χ3v) is 4.10. The van der Waals surface area contributed by atoms with Crippen molar-refractivity contribution < 1.29 is 4.79 Å². The molecule has 0 unspecified atom stereocenters. The van der Waals surface area contributed by atoms with Crippen LogP contribution in [0.15, 0.2) is 36.4 Å². The molecule has 106 valence electrons. The van der Waals surface area contributed by atoms with E-state index in [2.05, 4.69) is 5.32 Å². The van der Waals surface area contributed by atoms with Crippen molar-refractivity contribution in [2.45, 2.75) is 13.5 Å². The Hall–Kier alpha value is -1.52. The van der Waals surface area contributed by atoms with Gasteiger partial charge in [-0.25, -0.2) is 0 Å². The van der Waals surface area contributed by atoms with Crippen molar-refractivity contribution in [1.29, 1.82) is 0 Å². The van der Waals surface area contributed by atoms with Crippen LogP contribution in [0.25, 0.3) is 0 Å². The smallest absolute Gasteiger partial charge is 0.253 e. The maximum Gasteiger partial charge on any atom is 0.253 e. The van der Waals surface area contributed by atoms with Crippen molar-refractivity contribution in [3.05, 3.63) is 51.2 Å². The van der Waals surface area contributed by atoms with Gasteiger partial charge in [-0.15, -0.1) is 11.3 Å². The van der Waals surface area contributed by atoms with Crippen LogP contribution in [0.4, 0.5) is 5.69 Å². The van der Waals surface area contributed by atoms with Crippen molar-refractivity contribution in [2.24, 2.45) is 0 Å². The summed E-state index contributed by atoms with van der Waals surface area (Å²) >= 11 is 7.39. The van der Waals surface area contributed by atoms with Gasteiger partial charge in [0.2, 0.25) is 0 Å². The number of nitrogens with zero attached hydrogens (tertiary/aromatic N) is 1. The second kappa shape index (κ2) is 6.77. The van der Waals surface area contributed by atoms with Crippen LogP contribution in [0.3, 0.4) is 0 Å². The van der Waals surface area contributed by atoms with E-state index in [1.54, 1.807) is 11.9 Å². The Labute approximate surface area is 128 Å². The summed E-state index contributed by atoms with van der Waals surface area (Å²) in [5.74, 6) is 0.0116. The van der Waals surface area contributed by atoms with Crippen molar-refractivity contribution in [3.63, 3.8) is 0 Å². The Morgan fingerprint density at radius 3 is 2.50 bits per heavy atom. The van der Waals surface area contributed by atoms with Crippen molar-refractivity contribution in [3.8, 4) is 0 Å². The molecule has 2 aromatic rings. The predicted octanol–water partition coefficient (Wildman–Crippen LogP) is 4.11. The Kier molecular flexibility index (Phi) is 5.04. The lowest BCUT2D eigenvalue weighted by molar-refractivity contribution is 0.0786. The molecule has 0 aliphatic heterocycles. The lowest BCUT2D eigenvalue weighted by atomic mass is 10.2. The molecule has 2 rings (SSSR count). The number of carbonyl (C=O) groups excluding carboxylic acids is 1. The van der Waals surface area contributed by atoms with Crippen LogP contribution in [-0.2, 0) is 6.54 Å². The lowest BCUT2D eigenvalue weighted by Gasteiger charge is -2.16. The van der Waals surface area contributed by atoms with Gasteiger partial charge in [0.25, 0.3) is 5.91 Å². The van der Waals surface area contributed by atoms with Gasteiger partial charge in [-0.2, -0.15) is 0 Å². The van der Waals surface area contributed by atoms with Crippen LogP contribution >= 0.6 is 22.9 Å². The molecule has 3 nitrogen and oxygen atoms in total. The second-order valence-electron chi connectivity index (χ2n) is 4.47. The Balaban J connectivity index is 2.02. The normalized spacial score (nSPS) is 10.3. The first-order valence-corrected chi connectivity index (χ1v) is 7.63. The third kappa shape index (κ3) is 3.74. The molecule has 0 radical (unpaired) electrons. The summed E-state index contributed by atoms with van der Waals surface area (Å²) in [6.07, 6.45) is 0. The molecule has 0 spiro atoms. The monoisotopic (exact) mass is 308 g/mol. The molecule has 1 aromatic heterocycles. The number of hydrogen-bond donors (Lipinski definition) is 1. The number of benzene rings is 1. The molecule has 1 heterocycles. The highest BCUT2D eigenvalue weighted by molar-refractivity contribution is 7.16. The van der Waals surface area contributed by atoms with E-state index >= 15 is 0 Å². The van der Waals surface area contributed by atoms with Gasteiger partial charge < -0.3 is 10.2 Å². The van der Waals surface area contributed by atoms with Crippen LogP contribution in [0.2, 0.25) is 4.34 Å². The van der Waals surface area contributed by atoms with Crippen LogP contribution in [0.5, 0.6) is 0 Å². The van der Waals surface area contributed by atoms with Gasteiger partial charge in [0.05, 0.1) is 10.9 Å². The molecule has 0 saturated carbocycles. The minimum atomic E-state index is 0.0116. The molecule has 1 aromatic carbocycles. The molecule has 0 bridgehead atoms. The van der Waals surface area contributed by atoms with Crippen molar-refractivity contribution in [1.82, 2.24) is 4.90 Å². The fraction of sp³-hybridized carbons (Fsp3) is 0.267. The fourth-order valence-electron chi connectivity index (χ4n) is 1.90. The van der Waals surface area contributed by atoms with E-state index in [4.69, 9.17) is 11.6 Å². The molecule has 0 aliphatic rings. The van der Waals surface area contributed by atoms with Gasteiger partial charge in [-0.05, 0) is 43.3 Å². The second-order valence-corrected chi connectivity index (χ2v) is 6.27. The van der Waals surface area contributed by atoms with Crippen molar-refractivity contribution >= 4 is 34.5 Å². The van der Waals surface area contributed by atoms with Gasteiger partial charge in [0.1, 0.15) is 0 Å². The average molecular weight is 309 g/mol. The summed E-state index contributed by atoms with van der Waals surface area (Å²) in [6.45, 7) is 3.48. The fourth-order valence-corrected chi connectivity index (χ4v) is 3.04. The summed E-state index contributed by atoms with van der Waals surface area (Å²) in [6, 6.07) is 11.3. The van der Waals surface area contributed by atoms with Crippen LogP contribution in [0, 0.1) is 0 Å². The first-order valence-electron chi connectivity index (χ1n) is 6.43. The zero-order chi connectivity index (χ0) is 14.5. The SMILES string of the molecule is CCNc1ccc(C(=O)N(C)Cc2ccc(Cl)s2)cc1. The lowest BCUT2D eigenvalue weighted by Crippen LogP contribution is -2.25. The molecule has 1 N–H and O–H groups in total. The van der Waals surface area contributed by atoms with Crippen LogP contribution in [0.1, 0.15) is 22.2 Å². The largest absolute Gasteiger partial charge is 0.385 e. The van der Waals surface area contributed by atoms with E-state index in [1.165, 1.54) is 11.3 Å². The van der Waals surface area contributed by atoms with Gasteiger partial charge >= 0.3 is 0 Å². The minimum Gasteiger partial charge on any atom is -0.385 e. The number of thiophene rings is 1. The van der Waals surface area contributed by atoms with Gasteiger partial charge in [0.15, 0.2) is 0 Å². The number of amides is 1. The van der Waals surface area contributed by atoms with E-state index in [-0.39, 0.29) is 5.91 Å². The number of hydrogen-bond acceptors (Lipinski definition) is 3. The Morgan fingerprint density at radius 2 is 1.95 bits per heavy atom. The first kappa shape index (κ1) is 14.9. The van der Waals surface area contributed by atoms with E-state index in [0.717, 1.165) is 21.4 Å². The number of anilines is 1. The van der Waals surface area contributed by atoms with E-state index < -0.39 is 0 Å². The zero-order valence-electron chi connectivity index (χ0n) is 11.5. The van der Waals surface area contributed by atoms with E-state index in [1.807, 2.05) is 43.3 Å². The van der Waals surface area contributed by atoms with Gasteiger partial charge in [-0.1, -0.05) is 11.6 Å². The molecule has 5 heteroatoms. The Morgan fingerprint density at radius 1 is 1.25 bits per heavy atom. The topological polar surface area (TPSA) is 32.3 Å². The number of halogens is 1. The van der Waals surface area contributed by atoms with Gasteiger partial charge in [0, 0.05) is 29.7 Å². The molecule has 0 atom stereocenters. The summed E-state index contributed by atoms with van der Waals surface area (Å²) < 4.78 is 0.746. The highest BCUT2D eigenvalue weighted by Gasteiger charge is 2.12. The Bertz CT molecular complexity index is 580. The summed E-state index contributed by atoms with van der Waals surface area (Å²) in [7, 11) is 1.80. The number of rotatable bonds is 5. The maximum absolute atomic E-state index is 12.3. The molecule has 0 saturated heterocycles. The highest BCUT2D eigenvalue weighted by atomic mass is 35.5. The molecule has 0 aliphatic carbocycles. The summed E-state index contributed by atoms with van der Waals surface area (Å²) in [5.41, 5.74) is 1.72. The predicted molar refractivity (Wildman–Crippen MR) is 85.7 cm³/mol. The quantitative estimate of drug-likeness (QED) is 0.901. The van der Waals surface area contributed by atoms with Crippen LogP contribution in [-0.4, -0.2) is 24.4 Å². The molecule has 1 amide bonds.